The Balaban J connectivity index is 1.69. The molecule has 2 aromatic rings. The van der Waals surface area contributed by atoms with E-state index in [9.17, 15) is 0 Å². The van der Waals surface area contributed by atoms with E-state index < -0.39 is 0 Å². The first kappa shape index (κ1) is 17.0. The minimum atomic E-state index is 0.123. The van der Waals surface area contributed by atoms with E-state index in [0.717, 1.165) is 25.3 Å². The lowest BCUT2D eigenvalue weighted by Crippen LogP contribution is -2.32. The Labute approximate surface area is 143 Å². The summed E-state index contributed by atoms with van der Waals surface area (Å²) in [5.41, 5.74) is 1.30. The fourth-order valence-corrected chi connectivity index (χ4v) is 3.59. The summed E-state index contributed by atoms with van der Waals surface area (Å²) in [7, 11) is 4.34. The Morgan fingerprint density at radius 2 is 2.29 bits per heavy atom. The molecule has 1 aliphatic heterocycles. The van der Waals surface area contributed by atoms with E-state index >= 15 is 0 Å². The number of pyridine rings is 1. The Morgan fingerprint density at radius 3 is 2.96 bits per heavy atom. The highest BCUT2D eigenvalue weighted by molar-refractivity contribution is 5.17. The Kier molecular flexibility index (Phi) is 5.26. The van der Waals surface area contributed by atoms with Crippen LogP contribution in [0.5, 0.6) is 0 Å². The van der Waals surface area contributed by atoms with E-state index in [1.54, 1.807) is 0 Å². The predicted molar refractivity (Wildman–Crippen MR) is 92.4 cm³/mol. The van der Waals surface area contributed by atoms with Crippen LogP contribution in [0.15, 0.2) is 29.0 Å². The molecule has 1 saturated heterocycles. The van der Waals surface area contributed by atoms with Crippen molar-refractivity contribution in [2.75, 3.05) is 27.2 Å². The summed E-state index contributed by atoms with van der Waals surface area (Å²) in [4.78, 5) is 13.5. The second kappa shape index (κ2) is 7.40. The zero-order valence-electron chi connectivity index (χ0n) is 15.0. The number of aryl methyl sites for hydroxylation is 1. The molecular formula is C18H27N5O. The van der Waals surface area contributed by atoms with E-state index in [2.05, 4.69) is 52.0 Å². The van der Waals surface area contributed by atoms with E-state index in [-0.39, 0.29) is 6.04 Å². The van der Waals surface area contributed by atoms with Crippen molar-refractivity contribution in [3.05, 3.63) is 41.8 Å². The van der Waals surface area contributed by atoms with E-state index in [4.69, 9.17) is 4.52 Å². The van der Waals surface area contributed by atoms with E-state index in [1.807, 2.05) is 25.4 Å². The molecule has 0 N–H and O–H groups in total. The Bertz CT molecular complexity index is 644. The predicted octanol–water partition coefficient (Wildman–Crippen LogP) is 2.71. The molecule has 0 amide bonds. The molecule has 0 radical (unpaired) electrons. The summed E-state index contributed by atoms with van der Waals surface area (Å²) in [6, 6.07) is 4.75. The monoisotopic (exact) mass is 329 g/mol. The number of hydrogen-bond acceptors (Lipinski definition) is 6. The molecule has 24 heavy (non-hydrogen) atoms. The van der Waals surface area contributed by atoms with Crippen molar-refractivity contribution in [1.82, 2.24) is 24.9 Å². The van der Waals surface area contributed by atoms with Crippen LogP contribution in [0.25, 0.3) is 0 Å². The third-order valence-electron chi connectivity index (χ3n) is 5.14. The molecule has 3 atom stereocenters. The van der Waals surface area contributed by atoms with Crippen molar-refractivity contribution in [3.63, 3.8) is 0 Å². The maximum atomic E-state index is 5.41. The molecular weight excluding hydrogens is 302 g/mol. The van der Waals surface area contributed by atoms with Gasteiger partial charge < -0.3 is 4.52 Å². The van der Waals surface area contributed by atoms with Crippen molar-refractivity contribution in [2.24, 2.45) is 5.92 Å². The van der Waals surface area contributed by atoms with Gasteiger partial charge in [-0.2, -0.15) is 4.98 Å². The molecule has 6 nitrogen and oxygen atoms in total. The zero-order valence-corrected chi connectivity index (χ0v) is 15.0. The average Bonchev–Trinajstić information content (AvgIpc) is 3.22. The van der Waals surface area contributed by atoms with Gasteiger partial charge in [-0.1, -0.05) is 18.1 Å². The molecule has 1 aliphatic rings. The van der Waals surface area contributed by atoms with E-state index in [0.29, 0.717) is 17.9 Å². The first-order valence-corrected chi connectivity index (χ1v) is 8.73. The first-order valence-electron chi connectivity index (χ1n) is 8.73. The van der Waals surface area contributed by atoms with Gasteiger partial charge in [0.25, 0.3) is 0 Å². The molecule has 0 bridgehead atoms. The number of aromatic nitrogens is 3. The highest BCUT2D eigenvalue weighted by Gasteiger charge is 2.34. The maximum absolute atomic E-state index is 5.41. The molecule has 3 heterocycles. The fraction of sp³-hybridized carbons (Fsp3) is 0.611. The van der Waals surface area contributed by atoms with Gasteiger partial charge in [-0.3, -0.25) is 14.8 Å². The number of rotatable bonds is 6. The highest BCUT2D eigenvalue weighted by atomic mass is 16.5. The van der Waals surface area contributed by atoms with Crippen LogP contribution in [0, 0.1) is 5.92 Å². The van der Waals surface area contributed by atoms with Crippen LogP contribution in [0.3, 0.4) is 0 Å². The summed E-state index contributed by atoms with van der Waals surface area (Å²) in [5, 5.41) is 4.02. The lowest BCUT2D eigenvalue weighted by molar-refractivity contribution is 0.162. The SMILES string of the molecule is CCc1noc([C@@H](C)N(C)C[C@@H]2CCN(C)[C@H]2c2cccnc2)n1. The third-order valence-corrected chi connectivity index (χ3v) is 5.14. The van der Waals surface area contributed by atoms with Gasteiger partial charge in [-0.05, 0) is 51.5 Å². The maximum Gasteiger partial charge on any atom is 0.243 e. The number of hydrogen-bond donors (Lipinski definition) is 0. The molecule has 2 aromatic heterocycles. The van der Waals surface area contributed by atoms with Crippen LogP contribution in [0.4, 0.5) is 0 Å². The van der Waals surface area contributed by atoms with Crippen LogP contribution in [0.1, 0.15) is 49.6 Å². The van der Waals surface area contributed by atoms with Crippen LogP contribution >= 0.6 is 0 Å². The summed E-state index contributed by atoms with van der Waals surface area (Å²) < 4.78 is 5.41. The van der Waals surface area contributed by atoms with Gasteiger partial charge in [-0.25, -0.2) is 0 Å². The van der Waals surface area contributed by atoms with Gasteiger partial charge in [0.15, 0.2) is 5.82 Å². The standard InChI is InChI=1S/C18H27N5O/c1-5-16-20-18(24-21-16)13(2)23(4)12-15-8-10-22(3)17(15)14-7-6-9-19-11-14/h6-7,9,11,13,15,17H,5,8,10,12H2,1-4H3/t13-,15+,17+/m1/s1. The van der Waals surface area contributed by atoms with Crippen LogP contribution in [-0.4, -0.2) is 52.1 Å². The molecule has 0 unspecified atom stereocenters. The van der Waals surface area contributed by atoms with Crippen molar-refractivity contribution < 1.29 is 4.52 Å². The number of nitrogens with zero attached hydrogens (tertiary/aromatic N) is 5. The fourth-order valence-electron chi connectivity index (χ4n) is 3.59. The van der Waals surface area contributed by atoms with Gasteiger partial charge in [0.05, 0.1) is 6.04 Å². The molecule has 0 saturated carbocycles. The van der Waals surface area contributed by atoms with Gasteiger partial charge in [0, 0.05) is 31.4 Å². The molecule has 1 fully saturated rings. The summed E-state index contributed by atoms with van der Waals surface area (Å²) in [6.07, 6.45) is 5.82. The summed E-state index contributed by atoms with van der Waals surface area (Å²) in [5.74, 6) is 2.05. The molecule has 0 spiro atoms. The van der Waals surface area contributed by atoms with Crippen LogP contribution < -0.4 is 0 Å². The van der Waals surface area contributed by atoms with Crippen LogP contribution in [0.2, 0.25) is 0 Å². The van der Waals surface area contributed by atoms with Crippen LogP contribution in [-0.2, 0) is 6.42 Å². The third kappa shape index (κ3) is 3.49. The molecule has 130 valence electrons. The van der Waals surface area contributed by atoms with Crippen molar-refractivity contribution in [3.8, 4) is 0 Å². The Morgan fingerprint density at radius 1 is 1.46 bits per heavy atom. The van der Waals surface area contributed by atoms with Crippen molar-refractivity contribution in [1.29, 1.82) is 0 Å². The minimum Gasteiger partial charge on any atom is -0.338 e. The second-order valence-electron chi connectivity index (χ2n) is 6.78. The molecule has 6 heteroatoms. The summed E-state index contributed by atoms with van der Waals surface area (Å²) in [6.45, 7) is 6.28. The molecule has 0 aliphatic carbocycles. The topological polar surface area (TPSA) is 58.3 Å². The highest BCUT2D eigenvalue weighted by Crippen LogP contribution is 2.37. The lowest BCUT2D eigenvalue weighted by atomic mass is 9.94. The van der Waals surface area contributed by atoms with Gasteiger partial charge in [-0.15, -0.1) is 0 Å². The molecule has 0 aromatic carbocycles. The first-order chi connectivity index (χ1) is 11.6. The van der Waals surface area contributed by atoms with Crippen molar-refractivity contribution >= 4 is 0 Å². The lowest BCUT2D eigenvalue weighted by Gasteiger charge is -2.30. The van der Waals surface area contributed by atoms with Gasteiger partial charge >= 0.3 is 0 Å². The zero-order chi connectivity index (χ0) is 17.1. The minimum absolute atomic E-state index is 0.123. The smallest absolute Gasteiger partial charge is 0.243 e. The summed E-state index contributed by atoms with van der Waals surface area (Å²) >= 11 is 0. The van der Waals surface area contributed by atoms with Crippen molar-refractivity contribution in [2.45, 2.75) is 38.8 Å². The average molecular weight is 329 g/mol. The second-order valence-corrected chi connectivity index (χ2v) is 6.78. The largest absolute Gasteiger partial charge is 0.338 e. The van der Waals surface area contributed by atoms with Gasteiger partial charge in [0.1, 0.15) is 0 Å². The normalized spacial score (nSPS) is 23.0. The molecule has 3 rings (SSSR count). The van der Waals surface area contributed by atoms with Gasteiger partial charge in [0.2, 0.25) is 5.89 Å². The van der Waals surface area contributed by atoms with E-state index in [1.165, 1.54) is 12.0 Å². The number of likely N-dealkylation sites (tertiary alicyclic amines) is 1. The quantitative estimate of drug-likeness (QED) is 0.812. The Hall–Kier alpha value is -1.79.